The van der Waals surface area contributed by atoms with Crippen LogP contribution in [0.4, 0.5) is 9.59 Å². The van der Waals surface area contributed by atoms with Crippen molar-refractivity contribution in [3.63, 3.8) is 0 Å². The molecule has 2 fully saturated rings. The minimum absolute atomic E-state index is 0.286. The lowest BCUT2D eigenvalue weighted by molar-refractivity contribution is -0.138. The van der Waals surface area contributed by atoms with Gasteiger partial charge in [-0.1, -0.05) is 13.2 Å². The van der Waals surface area contributed by atoms with Gasteiger partial charge in [0, 0.05) is 25.2 Å². The summed E-state index contributed by atoms with van der Waals surface area (Å²) in [6.07, 6.45) is 8.24. The first kappa shape index (κ1) is 29.2. The van der Waals surface area contributed by atoms with Crippen LogP contribution >= 0.6 is 0 Å². The first-order valence-electron chi connectivity index (χ1n) is 12.8. The number of nitrogens with one attached hydrogen (secondary N) is 2. The Kier molecular flexibility index (Phi) is 13.5. The molecule has 2 rings (SSSR count). The van der Waals surface area contributed by atoms with Crippen LogP contribution in [0.3, 0.4) is 0 Å². The lowest BCUT2D eigenvalue weighted by Gasteiger charge is -2.28. The maximum absolute atomic E-state index is 11.9. The number of carbonyl (C=O) groups is 4. The van der Waals surface area contributed by atoms with E-state index in [1.54, 1.807) is 0 Å². The van der Waals surface area contributed by atoms with Crippen molar-refractivity contribution in [2.45, 2.75) is 51.4 Å². The SMILES string of the molecule is C=CC(=O)OCCCCOC(=O)NCCC1CC2CC1CC2CNC(=O)OCCCCOC(=O)C=C. The Balaban J connectivity index is 1.45. The number of ether oxygens (including phenoxy) is 4. The highest BCUT2D eigenvalue weighted by Gasteiger charge is 2.45. The molecule has 0 spiro atoms. The largest absolute Gasteiger partial charge is 0.463 e. The highest BCUT2D eigenvalue weighted by Crippen LogP contribution is 2.52. The summed E-state index contributed by atoms with van der Waals surface area (Å²) in [5.74, 6) is 1.39. The summed E-state index contributed by atoms with van der Waals surface area (Å²) in [5.41, 5.74) is 0. The van der Waals surface area contributed by atoms with Crippen LogP contribution in [-0.2, 0) is 28.5 Å². The molecule has 2 bridgehead atoms. The zero-order valence-electron chi connectivity index (χ0n) is 21.0. The smallest absolute Gasteiger partial charge is 0.407 e. The second-order valence-electron chi connectivity index (χ2n) is 9.27. The van der Waals surface area contributed by atoms with Crippen LogP contribution in [0.15, 0.2) is 25.3 Å². The molecule has 2 aliphatic rings. The van der Waals surface area contributed by atoms with Gasteiger partial charge < -0.3 is 29.6 Å². The maximum atomic E-state index is 11.9. The molecule has 0 aromatic heterocycles. The van der Waals surface area contributed by atoms with E-state index in [1.807, 2.05) is 0 Å². The molecule has 2 N–H and O–H groups in total. The molecule has 0 radical (unpaired) electrons. The Morgan fingerprint density at radius 1 is 0.667 bits per heavy atom. The van der Waals surface area contributed by atoms with Gasteiger partial charge in [0.2, 0.25) is 0 Å². The van der Waals surface area contributed by atoms with Crippen LogP contribution < -0.4 is 10.6 Å². The Morgan fingerprint density at radius 3 is 1.64 bits per heavy atom. The highest BCUT2D eigenvalue weighted by atomic mass is 16.6. The van der Waals surface area contributed by atoms with Crippen molar-refractivity contribution >= 4 is 24.1 Å². The van der Waals surface area contributed by atoms with Crippen molar-refractivity contribution in [2.24, 2.45) is 23.7 Å². The minimum atomic E-state index is -0.451. The monoisotopic (exact) mass is 508 g/mol. The average molecular weight is 509 g/mol. The number of esters is 2. The molecule has 36 heavy (non-hydrogen) atoms. The van der Waals surface area contributed by atoms with Crippen LogP contribution in [0.5, 0.6) is 0 Å². The van der Waals surface area contributed by atoms with Crippen molar-refractivity contribution in [2.75, 3.05) is 39.5 Å². The van der Waals surface area contributed by atoms with E-state index in [1.165, 1.54) is 6.42 Å². The van der Waals surface area contributed by atoms with Gasteiger partial charge in [0.05, 0.1) is 26.4 Å². The number of carbonyl (C=O) groups excluding carboxylic acids is 4. The van der Waals surface area contributed by atoms with E-state index in [4.69, 9.17) is 18.9 Å². The molecule has 202 valence electrons. The van der Waals surface area contributed by atoms with E-state index in [2.05, 4.69) is 23.8 Å². The quantitative estimate of drug-likeness (QED) is 0.132. The lowest BCUT2D eigenvalue weighted by Crippen LogP contribution is -2.34. The van der Waals surface area contributed by atoms with Crippen LogP contribution in [0.25, 0.3) is 0 Å². The summed E-state index contributed by atoms with van der Waals surface area (Å²) in [6.45, 7) is 9.01. The number of alkyl carbamates (subject to hydrolysis) is 2. The second-order valence-corrected chi connectivity index (χ2v) is 9.27. The van der Waals surface area contributed by atoms with Gasteiger partial charge in [-0.25, -0.2) is 19.2 Å². The molecular weight excluding hydrogens is 468 g/mol. The van der Waals surface area contributed by atoms with Gasteiger partial charge in [-0.2, -0.15) is 0 Å². The van der Waals surface area contributed by atoms with Crippen LogP contribution in [-0.4, -0.2) is 63.6 Å². The number of hydrogen-bond acceptors (Lipinski definition) is 8. The van der Waals surface area contributed by atoms with Gasteiger partial charge in [-0.05, 0) is 75.0 Å². The van der Waals surface area contributed by atoms with Crippen LogP contribution in [0.2, 0.25) is 0 Å². The molecular formula is C26H40N2O8. The summed E-state index contributed by atoms with van der Waals surface area (Å²) in [6, 6.07) is 0. The Morgan fingerprint density at radius 2 is 1.14 bits per heavy atom. The van der Waals surface area contributed by atoms with E-state index in [0.717, 1.165) is 31.4 Å². The summed E-state index contributed by atoms with van der Waals surface area (Å²) in [5, 5.41) is 5.70. The maximum Gasteiger partial charge on any atom is 0.407 e. The molecule has 4 unspecified atom stereocenters. The number of amides is 2. The molecule has 2 aliphatic carbocycles. The van der Waals surface area contributed by atoms with Crippen LogP contribution in [0, 0.1) is 23.7 Å². The zero-order valence-corrected chi connectivity index (χ0v) is 21.0. The summed E-state index contributed by atoms with van der Waals surface area (Å²) in [4.78, 5) is 45.6. The van der Waals surface area contributed by atoms with Crippen molar-refractivity contribution in [3.05, 3.63) is 25.3 Å². The number of hydrogen-bond donors (Lipinski definition) is 2. The standard InChI is InChI=1S/C26H40N2O8/c1-3-23(29)33-11-5-7-13-35-25(31)27-10-9-19-15-21-16-20(19)17-22(21)18-28-26(32)36-14-8-6-12-34-24(30)4-2/h3-4,19-22H,1-2,5-18H2,(H,27,31)(H,28,32). The number of rotatable bonds is 17. The van der Waals surface area contributed by atoms with E-state index in [9.17, 15) is 19.2 Å². The molecule has 0 aromatic rings. The normalized spacial score (nSPS) is 21.8. The molecule has 2 saturated carbocycles. The average Bonchev–Trinajstić information content (AvgIpc) is 3.46. The molecule has 10 heteroatoms. The summed E-state index contributed by atoms with van der Waals surface area (Å²) >= 11 is 0. The van der Waals surface area contributed by atoms with E-state index < -0.39 is 24.1 Å². The fourth-order valence-electron chi connectivity index (χ4n) is 4.99. The lowest BCUT2D eigenvalue weighted by atomic mass is 9.80. The Labute approximate surface area is 213 Å². The molecule has 0 saturated heterocycles. The third-order valence-corrected chi connectivity index (χ3v) is 6.81. The molecule has 4 atom stereocenters. The van der Waals surface area contributed by atoms with Crippen molar-refractivity contribution in [1.29, 1.82) is 0 Å². The predicted molar refractivity (Wildman–Crippen MR) is 132 cm³/mol. The topological polar surface area (TPSA) is 129 Å². The van der Waals surface area contributed by atoms with Gasteiger partial charge in [0.15, 0.2) is 0 Å². The second kappa shape index (κ2) is 16.6. The van der Waals surface area contributed by atoms with Gasteiger partial charge in [-0.15, -0.1) is 0 Å². The van der Waals surface area contributed by atoms with Crippen molar-refractivity contribution in [1.82, 2.24) is 10.6 Å². The third-order valence-electron chi connectivity index (χ3n) is 6.81. The molecule has 2 amide bonds. The van der Waals surface area contributed by atoms with Gasteiger partial charge in [-0.3, -0.25) is 0 Å². The van der Waals surface area contributed by atoms with E-state index in [-0.39, 0.29) is 26.4 Å². The molecule has 0 aliphatic heterocycles. The number of unbranched alkanes of at least 4 members (excludes halogenated alkanes) is 2. The molecule has 10 nitrogen and oxygen atoms in total. The fourth-order valence-corrected chi connectivity index (χ4v) is 4.99. The van der Waals surface area contributed by atoms with Gasteiger partial charge in [0.1, 0.15) is 0 Å². The van der Waals surface area contributed by atoms with Crippen molar-refractivity contribution < 1.29 is 38.1 Å². The predicted octanol–water partition coefficient (Wildman–Crippen LogP) is 3.51. The van der Waals surface area contributed by atoms with Crippen LogP contribution in [0.1, 0.15) is 51.4 Å². The van der Waals surface area contributed by atoms with E-state index >= 15 is 0 Å². The van der Waals surface area contributed by atoms with Gasteiger partial charge >= 0.3 is 24.1 Å². The third kappa shape index (κ3) is 11.1. The fraction of sp³-hybridized carbons (Fsp3) is 0.692. The minimum Gasteiger partial charge on any atom is -0.463 e. The first-order chi connectivity index (χ1) is 17.4. The Bertz CT molecular complexity index is 756. The summed E-state index contributed by atoms with van der Waals surface area (Å²) < 4.78 is 20.1. The van der Waals surface area contributed by atoms with Crippen molar-refractivity contribution in [3.8, 4) is 0 Å². The number of fused-ring (bicyclic) bond motifs is 2. The van der Waals surface area contributed by atoms with Gasteiger partial charge in [0.25, 0.3) is 0 Å². The molecule has 0 aromatic carbocycles. The van der Waals surface area contributed by atoms with E-state index in [0.29, 0.717) is 62.4 Å². The summed E-state index contributed by atoms with van der Waals surface area (Å²) in [7, 11) is 0. The zero-order chi connectivity index (χ0) is 26.2. The molecule has 0 heterocycles. The Hall–Kier alpha value is -3.04. The highest BCUT2D eigenvalue weighted by molar-refractivity contribution is 5.81. The first-order valence-corrected chi connectivity index (χ1v) is 12.8.